The molecule has 1 heterocycles. The van der Waals surface area contributed by atoms with Gasteiger partial charge in [-0.25, -0.2) is 4.79 Å². The number of benzene rings is 1. The number of nitrogens with zero attached hydrogens (tertiary/aromatic N) is 1. The Bertz CT molecular complexity index is 351. The lowest BCUT2D eigenvalue weighted by atomic mass is 10.2. The summed E-state index contributed by atoms with van der Waals surface area (Å²) in [4.78, 5) is 12.8. The topological polar surface area (TPSA) is 49.8 Å². The van der Waals surface area contributed by atoms with E-state index < -0.39 is 0 Å². The second-order valence-electron chi connectivity index (χ2n) is 3.05. The number of hydrogen-bond donors (Lipinski definition) is 1. The number of anilines is 1. The second kappa shape index (κ2) is 3.67. The number of aliphatic hydroxyl groups is 1. The number of aliphatic hydroxyl groups excluding tert-OH is 1. The van der Waals surface area contributed by atoms with Crippen LogP contribution in [0.2, 0.25) is 0 Å². The van der Waals surface area contributed by atoms with Crippen LogP contribution in [0.15, 0.2) is 24.3 Å². The molecule has 0 spiro atoms. The minimum atomic E-state index is -0.342. The summed E-state index contributed by atoms with van der Waals surface area (Å²) in [7, 11) is 0. The lowest BCUT2D eigenvalue weighted by molar-refractivity contribution is 0.181. The van der Waals surface area contributed by atoms with Crippen molar-refractivity contribution in [3.63, 3.8) is 0 Å². The third-order valence-electron chi connectivity index (χ3n) is 2.21. The van der Waals surface area contributed by atoms with Crippen LogP contribution in [0.5, 0.6) is 0 Å². The molecule has 0 saturated carbocycles. The summed E-state index contributed by atoms with van der Waals surface area (Å²) in [5, 5.41) is 9.09. The molecule has 1 aliphatic heterocycles. The summed E-state index contributed by atoms with van der Waals surface area (Å²) < 4.78 is 4.82. The fourth-order valence-corrected chi connectivity index (χ4v) is 1.52. The van der Waals surface area contributed by atoms with Gasteiger partial charge in [-0.15, -0.1) is 0 Å². The normalized spacial score (nSPS) is 15.8. The Balaban J connectivity index is 2.35. The summed E-state index contributed by atoms with van der Waals surface area (Å²) in [5.74, 6) is 0. The maximum atomic E-state index is 11.3. The van der Waals surface area contributed by atoms with Crippen molar-refractivity contribution in [1.29, 1.82) is 0 Å². The van der Waals surface area contributed by atoms with Crippen molar-refractivity contribution in [3.8, 4) is 0 Å². The summed E-state index contributed by atoms with van der Waals surface area (Å²) in [6, 6.07) is 7.26. The highest BCUT2D eigenvalue weighted by Gasteiger charge is 2.24. The maximum absolute atomic E-state index is 11.3. The average Bonchev–Trinajstić information content (AvgIpc) is 2.64. The smallest absolute Gasteiger partial charge is 0.414 e. The average molecular weight is 193 g/mol. The zero-order valence-electron chi connectivity index (χ0n) is 7.64. The van der Waals surface area contributed by atoms with E-state index in [1.165, 1.54) is 4.90 Å². The Morgan fingerprint density at radius 1 is 1.43 bits per heavy atom. The van der Waals surface area contributed by atoms with Crippen LogP contribution in [0.1, 0.15) is 5.56 Å². The Labute approximate surface area is 81.7 Å². The molecule has 1 aromatic carbocycles. The van der Waals surface area contributed by atoms with Crippen LogP contribution >= 0.6 is 0 Å². The van der Waals surface area contributed by atoms with Gasteiger partial charge < -0.3 is 9.84 Å². The third kappa shape index (κ3) is 1.44. The molecule has 0 radical (unpaired) electrons. The molecule has 1 amide bonds. The lowest BCUT2D eigenvalue weighted by Gasteiger charge is -2.15. The molecule has 1 fully saturated rings. The molecular weight excluding hydrogens is 182 g/mol. The van der Waals surface area contributed by atoms with E-state index in [0.29, 0.717) is 13.2 Å². The van der Waals surface area contributed by atoms with E-state index in [1.54, 1.807) is 12.1 Å². The second-order valence-corrected chi connectivity index (χ2v) is 3.05. The fraction of sp³-hybridized carbons (Fsp3) is 0.300. The summed E-state index contributed by atoms with van der Waals surface area (Å²) in [6.45, 7) is 0.897. The number of ether oxygens (including phenoxy) is 1. The van der Waals surface area contributed by atoms with Crippen LogP contribution < -0.4 is 4.90 Å². The minimum Gasteiger partial charge on any atom is -0.447 e. The van der Waals surface area contributed by atoms with Crippen molar-refractivity contribution in [2.45, 2.75) is 6.61 Å². The largest absolute Gasteiger partial charge is 0.447 e. The summed E-state index contributed by atoms with van der Waals surface area (Å²) in [6.07, 6.45) is -0.342. The van der Waals surface area contributed by atoms with Crippen molar-refractivity contribution in [2.75, 3.05) is 18.1 Å². The van der Waals surface area contributed by atoms with Crippen molar-refractivity contribution in [1.82, 2.24) is 0 Å². The van der Waals surface area contributed by atoms with Crippen LogP contribution in [-0.2, 0) is 11.3 Å². The van der Waals surface area contributed by atoms with Gasteiger partial charge in [0.05, 0.1) is 18.8 Å². The molecule has 1 saturated heterocycles. The van der Waals surface area contributed by atoms with Gasteiger partial charge in [-0.05, 0) is 6.07 Å². The Morgan fingerprint density at radius 2 is 2.21 bits per heavy atom. The molecule has 4 heteroatoms. The van der Waals surface area contributed by atoms with E-state index in [1.807, 2.05) is 12.1 Å². The summed E-state index contributed by atoms with van der Waals surface area (Å²) >= 11 is 0. The predicted octanol–water partition coefficient (Wildman–Crippen LogP) is 1.14. The van der Waals surface area contributed by atoms with E-state index in [-0.39, 0.29) is 12.7 Å². The molecule has 14 heavy (non-hydrogen) atoms. The molecule has 0 unspecified atom stereocenters. The molecule has 1 aliphatic rings. The van der Waals surface area contributed by atoms with Gasteiger partial charge in [-0.2, -0.15) is 0 Å². The van der Waals surface area contributed by atoms with E-state index in [0.717, 1.165) is 11.3 Å². The number of amides is 1. The van der Waals surface area contributed by atoms with E-state index in [9.17, 15) is 4.79 Å². The number of carbonyl (C=O) groups is 1. The van der Waals surface area contributed by atoms with Gasteiger partial charge in [-0.1, -0.05) is 18.2 Å². The van der Waals surface area contributed by atoms with Crippen LogP contribution in [0.3, 0.4) is 0 Å². The van der Waals surface area contributed by atoms with E-state index in [2.05, 4.69) is 0 Å². The highest BCUT2D eigenvalue weighted by Crippen LogP contribution is 2.23. The molecule has 4 nitrogen and oxygen atoms in total. The standard InChI is InChI=1S/C10H11NO3/c12-7-8-3-1-2-4-9(8)11-5-6-14-10(11)13/h1-4,12H,5-7H2. The molecular formula is C10H11NO3. The molecule has 0 atom stereocenters. The zero-order valence-corrected chi connectivity index (χ0v) is 7.64. The first-order valence-electron chi connectivity index (χ1n) is 4.46. The van der Waals surface area contributed by atoms with Gasteiger partial charge in [-0.3, -0.25) is 4.90 Å². The van der Waals surface area contributed by atoms with Crippen molar-refractivity contribution >= 4 is 11.8 Å². The van der Waals surface area contributed by atoms with Gasteiger partial charge in [0.15, 0.2) is 0 Å². The van der Waals surface area contributed by atoms with Crippen LogP contribution in [-0.4, -0.2) is 24.4 Å². The fourth-order valence-electron chi connectivity index (χ4n) is 1.52. The van der Waals surface area contributed by atoms with Crippen LogP contribution in [0.25, 0.3) is 0 Å². The van der Waals surface area contributed by atoms with E-state index in [4.69, 9.17) is 9.84 Å². The number of para-hydroxylation sites is 1. The van der Waals surface area contributed by atoms with Gasteiger partial charge >= 0.3 is 6.09 Å². The highest BCUT2D eigenvalue weighted by molar-refractivity contribution is 5.90. The first-order chi connectivity index (χ1) is 6.83. The van der Waals surface area contributed by atoms with Crippen molar-refractivity contribution < 1.29 is 14.6 Å². The van der Waals surface area contributed by atoms with Gasteiger partial charge in [0.25, 0.3) is 0 Å². The van der Waals surface area contributed by atoms with Crippen molar-refractivity contribution in [3.05, 3.63) is 29.8 Å². The summed E-state index contributed by atoms with van der Waals surface area (Å²) in [5.41, 5.74) is 1.48. The Hall–Kier alpha value is -1.55. The maximum Gasteiger partial charge on any atom is 0.414 e. The first kappa shape index (κ1) is 9.02. The number of cyclic esters (lactones) is 1. The van der Waals surface area contributed by atoms with E-state index >= 15 is 0 Å². The van der Waals surface area contributed by atoms with Crippen LogP contribution in [0.4, 0.5) is 10.5 Å². The first-order valence-corrected chi connectivity index (χ1v) is 4.46. The molecule has 1 N–H and O–H groups in total. The minimum absolute atomic E-state index is 0.0695. The van der Waals surface area contributed by atoms with Gasteiger partial charge in [0.2, 0.25) is 0 Å². The SMILES string of the molecule is O=C1OCCN1c1ccccc1CO. The molecule has 1 aromatic rings. The van der Waals surface area contributed by atoms with Gasteiger partial charge in [0.1, 0.15) is 6.61 Å². The Kier molecular flexibility index (Phi) is 2.37. The number of rotatable bonds is 2. The quantitative estimate of drug-likeness (QED) is 0.766. The molecule has 2 rings (SSSR count). The zero-order chi connectivity index (χ0) is 9.97. The monoisotopic (exact) mass is 193 g/mol. The predicted molar refractivity (Wildman–Crippen MR) is 51.1 cm³/mol. The van der Waals surface area contributed by atoms with Crippen LogP contribution in [0, 0.1) is 0 Å². The third-order valence-corrected chi connectivity index (χ3v) is 2.21. The molecule has 74 valence electrons. The highest BCUT2D eigenvalue weighted by atomic mass is 16.6. The molecule has 0 bridgehead atoms. The number of hydrogen-bond acceptors (Lipinski definition) is 3. The van der Waals surface area contributed by atoms with Gasteiger partial charge in [0, 0.05) is 5.56 Å². The van der Waals surface area contributed by atoms with Crippen molar-refractivity contribution in [2.24, 2.45) is 0 Å². The Morgan fingerprint density at radius 3 is 2.86 bits per heavy atom. The lowest BCUT2D eigenvalue weighted by Crippen LogP contribution is -2.24. The molecule has 0 aliphatic carbocycles. The molecule has 0 aromatic heterocycles. The number of carbonyl (C=O) groups excluding carboxylic acids is 1.